The van der Waals surface area contributed by atoms with Crippen molar-refractivity contribution in [1.82, 2.24) is 15.0 Å². The number of nitrogens with zero attached hydrogens (tertiary/aromatic N) is 4. The zero-order chi connectivity index (χ0) is 16.1. The number of anilines is 1. The average molecular weight is 317 g/mol. The summed E-state index contributed by atoms with van der Waals surface area (Å²) in [6.45, 7) is 7.48. The van der Waals surface area contributed by atoms with E-state index < -0.39 is 0 Å². The molecule has 0 aliphatic carbocycles. The van der Waals surface area contributed by atoms with Crippen LogP contribution in [0.5, 0.6) is 5.75 Å². The lowest BCUT2D eigenvalue weighted by atomic mass is 10.2. The molecule has 7 nitrogen and oxygen atoms in total. The maximum Gasteiger partial charge on any atom is 0.240 e. The number of nitrogens with two attached hydrogens (primary N) is 1. The number of piperazine rings is 1. The van der Waals surface area contributed by atoms with E-state index in [-0.39, 0.29) is 6.54 Å². The molecule has 0 unspecified atom stereocenters. The van der Waals surface area contributed by atoms with E-state index in [0.29, 0.717) is 24.9 Å². The monoisotopic (exact) mass is 317 g/mol. The molecule has 0 bridgehead atoms. The smallest absolute Gasteiger partial charge is 0.240 e. The van der Waals surface area contributed by atoms with Gasteiger partial charge in [0.05, 0.1) is 25.4 Å². The molecule has 1 aliphatic rings. The van der Waals surface area contributed by atoms with Crippen LogP contribution in [-0.2, 0) is 13.1 Å². The molecule has 0 saturated carbocycles. The number of para-hydroxylation sites is 2. The quantitative estimate of drug-likeness (QED) is 0.858. The third kappa shape index (κ3) is 3.80. The molecule has 0 radical (unpaired) electrons. The Balaban J connectivity index is 1.58. The fourth-order valence-electron chi connectivity index (χ4n) is 2.78. The van der Waals surface area contributed by atoms with E-state index in [9.17, 15) is 0 Å². The number of hydrogen-bond acceptors (Lipinski definition) is 7. The van der Waals surface area contributed by atoms with Crippen molar-refractivity contribution >= 4 is 5.69 Å². The number of benzene rings is 1. The van der Waals surface area contributed by atoms with Crippen LogP contribution in [0.25, 0.3) is 0 Å². The first-order valence-electron chi connectivity index (χ1n) is 8.00. The summed E-state index contributed by atoms with van der Waals surface area (Å²) in [4.78, 5) is 8.95. The topological polar surface area (TPSA) is 80.7 Å². The predicted molar refractivity (Wildman–Crippen MR) is 87.3 cm³/mol. The number of hydrogen-bond donors (Lipinski definition) is 1. The molecular formula is C16H23N5O2. The minimum Gasteiger partial charge on any atom is -0.492 e. The molecule has 1 saturated heterocycles. The summed E-state index contributed by atoms with van der Waals surface area (Å²) in [5.41, 5.74) is 6.66. The van der Waals surface area contributed by atoms with Crippen LogP contribution in [0.15, 0.2) is 28.8 Å². The highest BCUT2D eigenvalue weighted by molar-refractivity contribution is 5.58. The first kappa shape index (κ1) is 15.8. The average Bonchev–Trinajstić information content (AvgIpc) is 3.04. The van der Waals surface area contributed by atoms with Crippen molar-refractivity contribution < 1.29 is 9.26 Å². The predicted octanol–water partition coefficient (Wildman–Crippen LogP) is 1.25. The summed E-state index contributed by atoms with van der Waals surface area (Å²) in [7, 11) is 0. The Hall–Kier alpha value is -2.12. The minimum atomic E-state index is 0.287. The van der Waals surface area contributed by atoms with Gasteiger partial charge in [-0.25, -0.2) is 0 Å². The van der Waals surface area contributed by atoms with Gasteiger partial charge in [-0.2, -0.15) is 4.98 Å². The van der Waals surface area contributed by atoms with Crippen molar-refractivity contribution in [2.45, 2.75) is 20.0 Å². The second-order valence-electron chi connectivity index (χ2n) is 5.47. The van der Waals surface area contributed by atoms with Crippen molar-refractivity contribution in [3.05, 3.63) is 36.0 Å². The lowest BCUT2D eigenvalue weighted by Gasteiger charge is -2.36. The Kier molecular flexibility index (Phi) is 5.09. The van der Waals surface area contributed by atoms with Gasteiger partial charge in [-0.15, -0.1) is 0 Å². The molecule has 0 atom stereocenters. The first-order chi connectivity index (χ1) is 11.3. The summed E-state index contributed by atoms with van der Waals surface area (Å²) in [5.74, 6) is 2.15. The largest absolute Gasteiger partial charge is 0.492 e. The third-order valence-electron chi connectivity index (χ3n) is 3.93. The molecule has 1 aromatic heterocycles. The van der Waals surface area contributed by atoms with Crippen LogP contribution in [0.3, 0.4) is 0 Å². The van der Waals surface area contributed by atoms with Gasteiger partial charge in [0, 0.05) is 26.2 Å². The summed E-state index contributed by atoms with van der Waals surface area (Å²) < 4.78 is 10.8. The first-order valence-corrected chi connectivity index (χ1v) is 8.00. The van der Waals surface area contributed by atoms with Gasteiger partial charge in [0.15, 0.2) is 5.82 Å². The van der Waals surface area contributed by atoms with Crippen LogP contribution >= 0.6 is 0 Å². The van der Waals surface area contributed by atoms with Crippen LogP contribution < -0.4 is 15.4 Å². The summed E-state index contributed by atoms with van der Waals surface area (Å²) in [5, 5.41) is 3.96. The van der Waals surface area contributed by atoms with Crippen molar-refractivity contribution in [2.24, 2.45) is 5.73 Å². The van der Waals surface area contributed by atoms with Gasteiger partial charge in [-0.3, -0.25) is 4.90 Å². The Morgan fingerprint density at radius 1 is 1.22 bits per heavy atom. The summed E-state index contributed by atoms with van der Waals surface area (Å²) in [6.07, 6.45) is 0. The molecule has 2 aromatic rings. The van der Waals surface area contributed by atoms with E-state index in [1.807, 2.05) is 19.1 Å². The molecule has 1 fully saturated rings. The van der Waals surface area contributed by atoms with E-state index in [1.54, 1.807) is 0 Å². The van der Waals surface area contributed by atoms with Crippen LogP contribution in [0, 0.1) is 0 Å². The van der Waals surface area contributed by atoms with Crippen LogP contribution in [-0.4, -0.2) is 47.8 Å². The van der Waals surface area contributed by atoms with E-state index >= 15 is 0 Å². The maximum atomic E-state index is 5.73. The summed E-state index contributed by atoms with van der Waals surface area (Å²) >= 11 is 0. The highest BCUT2D eigenvalue weighted by atomic mass is 16.5. The van der Waals surface area contributed by atoms with E-state index in [0.717, 1.165) is 31.9 Å². The Morgan fingerprint density at radius 3 is 2.70 bits per heavy atom. The number of aromatic nitrogens is 2. The molecule has 0 amide bonds. The fraction of sp³-hybridized carbons (Fsp3) is 0.500. The second-order valence-corrected chi connectivity index (χ2v) is 5.47. The van der Waals surface area contributed by atoms with Gasteiger partial charge in [-0.1, -0.05) is 17.3 Å². The molecule has 1 aromatic carbocycles. The Bertz CT molecular complexity index is 622. The lowest BCUT2D eigenvalue weighted by Crippen LogP contribution is -2.46. The van der Waals surface area contributed by atoms with Gasteiger partial charge in [0.1, 0.15) is 5.75 Å². The molecule has 2 N–H and O–H groups in total. The molecule has 3 rings (SSSR count). The minimum absolute atomic E-state index is 0.287. The zero-order valence-corrected chi connectivity index (χ0v) is 13.4. The Morgan fingerprint density at radius 2 is 2.00 bits per heavy atom. The lowest BCUT2D eigenvalue weighted by molar-refractivity contribution is 0.239. The third-order valence-corrected chi connectivity index (χ3v) is 3.93. The highest BCUT2D eigenvalue weighted by Gasteiger charge is 2.21. The van der Waals surface area contributed by atoms with E-state index in [4.69, 9.17) is 15.0 Å². The van der Waals surface area contributed by atoms with Crippen molar-refractivity contribution in [1.29, 1.82) is 0 Å². The molecule has 2 heterocycles. The van der Waals surface area contributed by atoms with Crippen LogP contribution in [0.4, 0.5) is 5.69 Å². The second kappa shape index (κ2) is 7.43. The molecule has 23 heavy (non-hydrogen) atoms. The zero-order valence-electron chi connectivity index (χ0n) is 13.4. The number of rotatable bonds is 6. The van der Waals surface area contributed by atoms with Crippen LogP contribution in [0.2, 0.25) is 0 Å². The standard InChI is InChI=1S/C16H23N5O2/c1-2-22-14-6-4-3-5-13(14)21-9-7-20(8-10-21)12-15-18-16(11-17)23-19-15/h3-6H,2,7-12,17H2,1H3. The molecule has 0 spiro atoms. The van der Waals surface area contributed by atoms with Gasteiger partial charge < -0.3 is 19.9 Å². The van der Waals surface area contributed by atoms with Crippen LogP contribution in [0.1, 0.15) is 18.6 Å². The fourth-order valence-corrected chi connectivity index (χ4v) is 2.78. The van der Waals surface area contributed by atoms with Crippen molar-refractivity contribution in [2.75, 3.05) is 37.7 Å². The SMILES string of the molecule is CCOc1ccccc1N1CCN(Cc2noc(CN)n2)CC1. The number of ether oxygens (including phenoxy) is 1. The molecule has 124 valence electrons. The van der Waals surface area contributed by atoms with E-state index in [1.165, 1.54) is 5.69 Å². The normalized spacial score (nSPS) is 15.8. The maximum absolute atomic E-state index is 5.73. The van der Waals surface area contributed by atoms with E-state index in [2.05, 4.69) is 32.1 Å². The Labute approximate surface area is 136 Å². The van der Waals surface area contributed by atoms with Gasteiger partial charge in [-0.05, 0) is 19.1 Å². The summed E-state index contributed by atoms with van der Waals surface area (Å²) in [6, 6.07) is 8.21. The molecular weight excluding hydrogens is 294 g/mol. The molecule has 7 heteroatoms. The molecule has 1 aliphatic heterocycles. The highest BCUT2D eigenvalue weighted by Crippen LogP contribution is 2.28. The van der Waals surface area contributed by atoms with Crippen molar-refractivity contribution in [3.8, 4) is 5.75 Å². The van der Waals surface area contributed by atoms with Gasteiger partial charge in [0.2, 0.25) is 5.89 Å². The van der Waals surface area contributed by atoms with Gasteiger partial charge >= 0.3 is 0 Å². The van der Waals surface area contributed by atoms with Crippen molar-refractivity contribution in [3.63, 3.8) is 0 Å². The van der Waals surface area contributed by atoms with Gasteiger partial charge in [0.25, 0.3) is 0 Å².